The van der Waals surface area contributed by atoms with Gasteiger partial charge in [-0.25, -0.2) is 4.98 Å². The molecule has 1 aromatic carbocycles. The molecule has 0 amide bonds. The molecule has 1 atom stereocenters. The minimum atomic E-state index is 0.0127. The number of aromatic nitrogens is 3. The molecule has 0 bridgehead atoms. The molecule has 3 rings (SSSR count). The molecular weight excluding hydrogens is 308 g/mol. The van der Waals surface area contributed by atoms with Crippen LogP contribution in [0.4, 0.5) is 0 Å². The zero-order valence-corrected chi connectivity index (χ0v) is 14.8. The predicted octanol–water partition coefficient (Wildman–Crippen LogP) is 3.54. The minimum absolute atomic E-state index is 0.0127. The Labute approximate surface area is 140 Å². The Morgan fingerprint density at radius 3 is 2.61 bits per heavy atom. The molecule has 6 heteroatoms. The Hall–Kier alpha value is -1.92. The van der Waals surface area contributed by atoms with Gasteiger partial charge >= 0.3 is 0 Å². The van der Waals surface area contributed by atoms with Crippen LogP contribution in [-0.2, 0) is 0 Å². The van der Waals surface area contributed by atoms with E-state index in [4.69, 9.17) is 0 Å². The normalized spacial score (nSPS) is 13.1. The van der Waals surface area contributed by atoms with E-state index in [2.05, 4.69) is 60.0 Å². The van der Waals surface area contributed by atoms with Gasteiger partial charge < -0.3 is 5.11 Å². The van der Waals surface area contributed by atoms with Gasteiger partial charge in [-0.3, -0.25) is 4.90 Å². The topological polar surface area (TPSA) is 53.7 Å². The highest BCUT2D eigenvalue weighted by Crippen LogP contribution is 2.39. The van der Waals surface area contributed by atoms with E-state index in [1.54, 1.807) is 4.52 Å². The number of nitrogens with zero attached hydrogens (tertiary/aromatic N) is 4. The Kier molecular flexibility index (Phi) is 4.37. The van der Waals surface area contributed by atoms with Gasteiger partial charge in [0.05, 0.1) is 10.9 Å². The van der Waals surface area contributed by atoms with Crippen LogP contribution in [0.15, 0.2) is 24.3 Å². The maximum atomic E-state index is 10.7. The number of fused-ring (bicyclic) bond motifs is 1. The Bertz CT molecular complexity index is 819. The smallest absolute Gasteiger partial charge is 0.230 e. The summed E-state index contributed by atoms with van der Waals surface area (Å²) in [5, 5.41) is 15.0. The van der Waals surface area contributed by atoms with E-state index < -0.39 is 0 Å². The lowest BCUT2D eigenvalue weighted by molar-refractivity contribution is 0.248. The van der Waals surface area contributed by atoms with Crippen LogP contribution >= 0.6 is 11.3 Å². The molecule has 0 radical (unpaired) electrons. The van der Waals surface area contributed by atoms with E-state index in [1.165, 1.54) is 22.5 Å². The van der Waals surface area contributed by atoms with Crippen LogP contribution in [0.5, 0.6) is 5.88 Å². The first kappa shape index (κ1) is 16.0. The number of thiazole rings is 1. The van der Waals surface area contributed by atoms with Crippen molar-refractivity contribution in [3.05, 3.63) is 46.1 Å². The van der Waals surface area contributed by atoms with Gasteiger partial charge in [0, 0.05) is 0 Å². The second-order valence-corrected chi connectivity index (χ2v) is 6.69. The number of benzene rings is 1. The number of aromatic hydroxyl groups is 1. The third-order valence-corrected chi connectivity index (χ3v) is 5.16. The van der Waals surface area contributed by atoms with E-state index in [1.807, 2.05) is 6.92 Å². The van der Waals surface area contributed by atoms with Crippen molar-refractivity contribution < 1.29 is 5.11 Å². The van der Waals surface area contributed by atoms with Crippen LogP contribution in [-0.4, -0.2) is 37.7 Å². The first-order chi connectivity index (χ1) is 11.0. The van der Waals surface area contributed by atoms with Gasteiger partial charge in [-0.2, -0.15) is 4.52 Å². The van der Waals surface area contributed by atoms with Crippen molar-refractivity contribution in [2.24, 2.45) is 0 Å². The summed E-state index contributed by atoms with van der Waals surface area (Å²) in [6, 6.07) is 8.48. The van der Waals surface area contributed by atoms with E-state index >= 15 is 0 Å². The summed E-state index contributed by atoms with van der Waals surface area (Å²) < 4.78 is 1.54. The van der Waals surface area contributed by atoms with Crippen molar-refractivity contribution in [1.82, 2.24) is 19.5 Å². The van der Waals surface area contributed by atoms with Crippen molar-refractivity contribution in [3.8, 4) is 5.88 Å². The molecule has 5 nitrogen and oxygen atoms in total. The van der Waals surface area contributed by atoms with E-state index in [9.17, 15) is 5.11 Å². The number of aryl methyl sites for hydroxylation is 2. The molecule has 122 valence electrons. The van der Waals surface area contributed by atoms with Crippen molar-refractivity contribution in [2.45, 2.75) is 33.7 Å². The van der Waals surface area contributed by atoms with Crippen molar-refractivity contribution in [3.63, 3.8) is 0 Å². The predicted molar refractivity (Wildman–Crippen MR) is 93.2 cm³/mol. The Balaban J connectivity index is 2.16. The third-order valence-electron chi connectivity index (χ3n) is 4.09. The molecule has 0 saturated carbocycles. The van der Waals surface area contributed by atoms with Crippen LogP contribution in [0.25, 0.3) is 4.96 Å². The largest absolute Gasteiger partial charge is 0.492 e. The quantitative estimate of drug-likeness (QED) is 0.777. The minimum Gasteiger partial charge on any atom is -0.492 e. The maximum Gasteiger partial charge on any atom is 0.230 e. The first-order valence-corrected chi connectivity index (χ1v) is 8.72. The molecule has 0 aliphatic rings. The fourth-order valence-electron chi connectivity index (χ4n) is 2.98. The first-order valence-electron chi connectivity index (χ1n) is 7.90. The summed E-state index contributed by atoms with van der Waals surface area (Å²) in [4.78, 5) is 8.36. The van der Waals surface area contributed by atoms with Gasteiger partial charge in [-0.1, -0.05) is 55.0 Å². The highest BCUT2D eigenvalue weighted by atomic mass is 32.1. The molecule has 1 N–H and O–H groups in total. The van der Waals surface area contributed by atoms with Gasteiger partial charge in [0.2, 0.25) is 10.8 Å². The number of hydrogen-bond donors (Lipinski definition) is 1. The van der Waals surface area contributed by atoms with Crippen LogP contribution in [0.2, 0.25) is 0 Å². The lowest BCUT2D eigenvalue weighted by Crippen LogP contribution is -2.29. The molecule has 2 aromatic heterocycles. The summed E-state index contributed by atoms with van der Waals surface area (Å²) in [6.45, 7) is 10.0. The summed E-state index contributed by atoms with van der Waals surface area (Å²) in [7, 11) is 0. The average Bonchev–Trinajstić information content (AvgIpc) is 3.03. The van der Waals surface area contributed by atoms with Gasteiger partial charge in [0.1, 0.15) is 5.82 Å². The molecule has 0 aliphatic heterocycles. The second kappa shape index (κ2) is 6.29. The van der Waals surface area contributed by atoms with Crippen molar-refractivity contribution >= 4 is 16.3 Å². The molecular formula is C17H22N4OS. The molecule has 1 unspecified atom stereocenters. The fraction of sp³-hybridized carbons (Fsp3) is 0.412. The van der Waals surface area contributed by atoms with Crippen LogP contribution < -0.4 is 0 Å². The van der Waals surface area contributed by atoms with Crippen molar-refractivity contribution in [1.29, 1.82) is 0 Å². The van der Waals surface area contributed by atoms with E-state index in [-0.39, 0.29) is 11.9 Å². The summed E-state index contributed by atoms with van der Waals surface area (Å²) in [6.07, 6.45) is 0. The molecule has 0 spiro atoms. The molecule has 0 fully saturated rings. The molecule has 23 heavy (non-hydrogen) atoms. The van der Waals surface area contributed by atoms with Gasteiger partial charge in [0.25, 0.3) is 0 Å². The summed E-state index contributed by atoms with van der Waals surface area (Å²) in [5.74, 6) is 0.872. The lowest BCUT2D eigenvalue weighted by Gasteiger charge is -2.29. The van der Waals surface area contributed by atoms with Crippen molar-refractivity contribution in [2.75, 3.05) is 13.1 Å². The Morgan fingerprint density at radius 2 is 2.00 bits per heavy atom. The van der Waals surface area contributed by atoms with Gasteiger partial charge in [0.15, 0.2) is 0 Å². The summed E-state index contributed by atoms with van der Waals surface area (Å²) >= 11 is 1.51. The maximum absolute atomic E-state index is 10.7. The van der Waals surface area contributed by atoms with Crippen LogP contribution in [0.3, 0.4) is 0 Å². The number of hydrogen-bond acceptors (Lipinski definition) is 5. The third kappa shape index (κ3) is 2.84. The Morgan fingerprint density at radius 1 is 1.26 bits per heavy atom. The second-order valence-electron chi connectivity index (χ2n) is 5.68. The highest BCUT2D eigenvalue weighted by Gasteiger charge is 2.28. The lowest BCUT2D eigenvalue weighted by atomic mass is 10.0. The standard InChI is InChI=1S/C17H22N4OS/c1-5-20(6-2)14(13-9-7-8-11(3)10-13)15-16(22)21-17(23-15)18-12(4)19-21/h7-10,14,22H,5-6H2,1-4H3. The molecule has 3 aromatic rings. The zero-order chi connectivity index (χ0) is 16.6. The molecule has 0 aliphatic carbocycles. The zero-order valence-electron chi connectivity index (χ0n) is 13.9. The molecule has 0 saturated heterocycles. The van der Waals surface area contributed by atoms with E-state index in [0.29, 0.717) is 5.82 Å². The van der Waals surface area contributed by atoms with Gasteiger partial charge in [-0.15, -0.1) is 5.10 Å². The summed E-state index contributed by atoms with van der Waals surface area (Å²) in [5.41, 5.74) is 2.40. The van der Waals surface area contributed by atoms with Crippen LogP contribution in [0.1, 0.15) is 41.7 Å². The molecule has 2 heterocycles. The van der Waals surface area contributed by atoms with E-state index in [0.717, 1.165) is 22.9 Å². The van der Waals surface area contributed by atoms with Crippen LogP contribution in [0, 0.1) is 13.8 Å². The monoisotopic (exact) mass is 330 g/mol. The number of rotatable bonds is 5. The average molecular weight is 330 g/mol. The highest BCUT2D eigenvalue weighted by molar-refractivity contribution is 7.17. The van der Waals surface area contributed by atoms with Gasteiger partial charge in [-0.05, 0) is 32.5 Å². The SMILES string of the molecule is CCN(CC)C(c1cccc(C)c1)c1sc2nc(C)nn2c1O. The fourth-order valence-corrected chi connectivity index (χ4v) is 4.15.